The molecular weight excluding hydrogens is 392 g/mol. The molecule has 1 atom stereocenters. The number of amides is 1. The number of nitrogens with zero attached hydrogens (tertiary/aromatic N) is 1. The van der Waals surface area contributed by atoms with Crippen LogP contribution in [0, 0.1) is 0 Å². The molecule has 1 amide bonds. The molecule has 0 aromatic heterocycles. The number of carbonyl (C=O) groups excluding carboxylic acids is 1. The molecule has 5 nitrogen and oxygen atoms in total. The molecule has 2 rings (SSSR count). The summed E-state index contributed by atoms with van der Waals surface area (Å²) >= 11 is 8.82. The fraction of sp³-hybridized carbons (Fsp3) is 0.529. The van der Waals surface area contributed by atoms with Crippen LogP contribution in [0.15, 0.2) is 22.7 Å². The Balaban J connectivity index is 1.99. The lowest BCUT2D eigenvalue weighted by Gasteiger charge is -2.27. The van der Waals surface area contributed by atoms with E-state index in [-0.39, 0.29) is 12.0 Å². The topological polar surface area (TPSA) is 50.8 Å². The molecular formula is C17H23BrN2O3S. The summed E-state index contributed by atoms with van der Waals surface area (Å²) < 4.78 is 11.6. The van der Waals surface area contributed by atoms with E-state index in [4.69, 9.17) is 21.7 Å². The lowest BCUT2D eigenvalue weighted by molar-refractivity contribution is 0.0887. The van der Waals surface area contributed by atoms with Gasteiger partial charge in [-0.1, -0.05) is 6.92 Å². The zero-order valence-corrected chi connectivity index (χ0v) is 16.4. The number of methoxy groups -OCH3 is 1. The second-order valence-electron chi connectivity index (χ2n) is 5.69. The van der Waals surface area contributed by atoms with E-state index in [1.807, 2.05) is 4.90 Å². The number of thiocarbonyl (C=S) groups is 1. The maximum atomic E-state index is 12.4. The maximum absolute atomic E-state index is 12.4. The monoisotopic (exact) mass is 414 g/mol. The van der Waals surface area contributed by atoms with Crippen molar-refractivity contribution in [1.82, 2.24) is 10.2 Å². The third-order valence-electron chi connectivity index (χ3n) is 3.86. The van der Waals surface area contributed by atoms with Gasteiger partial charge in [-0.2, -0.15) is 0 Å². The van der Waals surface area contributed by atoms with Gasteiger partial charge >= 0.3 is 0 Å². The largest absolute Gasteiger partial charge is 0.496 e. The number of nitrogens with one attached hydrogen (secondary N) is 1. The number of hydrogen-bond donors (Lipinski definition) is 1. The lowest BCUT2D eigenvalue weighted by Crippen LogP contribution is -2.46. The van der Waals surface area contributed by atoms with Gasteiger partial charge in [-0.15, -0.1) is 0 Å². The molecule has 1 fully saturated rings. The first-order valence-corrected chi connectivity index (χ1v) is 9.30. The van der Waals surface area contributed by atoms with E-state index in [9.17, 15) is 4.79 Å². The molecule has 0 aliphatic carbocycles. The summed E-state index contributed by atoms with van der Waals surface area (Å²) in [5.74, 6) is 0.455. The minimum absolute atomic E-state index is 0.196. The summed E-state index contributed by atoms with van der Waals surface area (Å²) in [6, 6.07) is 5.19. The Hall–Kier alpha value is -1.18. The van der Waals surface area contributed by atoms with Gasteiger partial charge in [0, 0.05) is 25.3 Å². The van der Waals surface area contributed by atoms with E-state index in [2.05, 4.69) is 28.2 Å². The van der Waals surface area contributed by atoms with Gasteiger partial charge in [0.2, 0.25) is 0 Å². The maximum Gasteiger partial charge on any atom is 0.257 e. The van der Waals surface area contributed by atoms with Crippen molar-refractivity contribution in [3.8, 4) is 5.75 Å². The van der Waals surface area contributed by atoms with Crippen LogP contribution in [0.4, 0.5) is 0 Å². The van der Waals surface area contributed by atoms with E-state index >= 15 is 0 Å². The van der Waals surface area contributed by atoms with Crippen LogP contribution in [0.1, 0.15) is 36.5 Å². The van der Waals surface area contributed by atoms with Gasteiger partial charge in [-0.05, 0) is 65.6 Å². The van der Waals surface area contributed by atoms with Gasteiger partial charge in [0.1, 0.15) is 5.75 Å². The van der Waals surface area contributed by atoms with E-state index in [1.165, 1.54) is 0 Å². The summed E-state index contributed by atoms with van der Waals surface area (Å²) in [7, 11) is 1.59. The normalized spacial score (nSPS) is 16.7. The third kappa shape index (κ3) is 5.16. The quantitative estimate of drug-likeness (QED) is 0.723. The average molecular weight is 415 g/mol. The molecule has 1 aliphatic rings. The highest BCUT2D eigenvalue weighted by Crippen LogP contribution is 2.25. The summed E-state index contributed by atoms with van der Waals surface area (Å²) in [6.45, 7) is 4.42. The number of carbonyl (C=O) groups is 1. The molecule has 7 heteroatoms. The molecule has 1 saturated heterocycles. The highest BCUT2D eigenvalue weighted by Gasteiger charge is 2.21. The Morgan fingerprint density at radius 3 is 2.92 bits per heavy atom. The molecule has 1 aliphatic heterocycles. The fourth-order valence-electron chi connectivity index (χ4n) is 2.64. The minimum atomic E-state index is -0.225. The van der Waals surface area contributed by atoms with Crippen molar-refractivity contribution in [2.24, 2.45) is 0 Å². The summed E-state index contributed by atoms with van der Waals surface area (Å²) in [5, 5.41) is 3.27. The van der Waals surface area contributed by atoms with Crippen molar-refractivity contribution < 1.29 is 14.3 Å². The molecule has 1 aromatic rings. The Morgan fingerprint density at radius 2 is 2.33 bits per heavy atom. The molecule has 132 valence electrons. The first kappa shape index (κ1) is 19.1. The molecule has 1 unspecified atom stereocenters. The van der Waals surface area contributed by atoms with Crippen LogP contribution in [0.5, 0.6) is 5.75 Å². The van der Waals surface area contributed by atoms with Crippen molar-refractivity contribution in [3.63, 3.8) is 0 Å². The van der Waals surface area contributed by atoms with Crippen molar-refractivity contribution in [3.05, 3.63) is 28.2 Å². The third-order valence-corrected chi connectivity index (χ3v) is 4.84. The van der Waals surface area contributed by atoms with Crippen LogP contribution in [-0.4, -0.2) is 48.8 Å². The molecule has 0 radical (unpaired) electrons. The molecule has 1 N–H and O–H groups in total. The van der Waals surface area contributed by atoms with Crippen molar-refractivity contribution >= 4 is 39.2 Å². The van der Waals surface area contributed by atoms with Crippen LogP contribution in [-0.2, 0) is 4.74 Å². The zero-order chi connectivity index (χ0) is 17.5. The molecule has 1 heterocycles. The van der Waals surface area contributed by atoms with Crippen LogP contribution in [0.25, 0.3) is 0 Å². The van der Waals surface area contributed by atoms with E-state index in [0.29, 0.717) is 16.4 Å². The van der Waals surface area contributed by atoms with Gasteiger partial charge in [-0.25, -0.2) is 0 Å². The summed E-state index contributed by atoms with van der Waals surface area (Å²) in [6.07, 6.45) is 3.28. The van der Waals surface area contributed by atoms with Gasteiger partial charge in [0.05, 0.1) is 17.7 Å². The zero-order valence-electron chi connectivity index (χ0n) is 14.0. The second-order valence-corrected chi connectivity index (χ2v) is 6.93. The van der Waals surface area contributed by atoms with Gasteiger partial charge in [0.15, 0.2) is 5.11 Å². The number of halogens is 1. The van der Waals surface area contributed by atoms with Crippen LogP contribution >= 0.6 is 28.1 Å². The molecule has 1 aromatic carbocycles. The summed E-state index contributed by atoms with van der Waals surface area (Å²) in [4.78, 5) is 14.5. The highest BCUT2D eigenvalue weighted by atomic mass is 79.9. The van der Waals surface area contributed by atoms with Gasteiger partial charge < -0.3 is 14.4 Å². The highest BCUT2D eigenvalue weighted by molar-refractivity contribution is 9.10. The van der Waals surface area contributed by atoms with Crippen molar-refractivity contribution in [2.75, 3.05) is 26.8 Å². The van der Waals surface area contributed by atoms with Crippen LogP contribution in [0.3, 0.4) is 0 Å². The first-order chi connectivity index (χ1) is 11.5. The standard InChI is InChI=1S/C17H23BrN2O3S/c1-3-8-20(11-13-5-4-9-23-13)17(24)19-16(21)12-6-7-15(22-2)14(18)10-12/h6-7,10,13H,3-5,8-9,11H2,1-2H3,(H,19,21,24). The number of rotatable bonds is 6. The predicted octanol–water partition coefficient (Wildman–Crippen LogP) is 3.36. The fourth-order valence-corrected chi connectivity index (χ4v) is 3.43. The minimum Gasteiger partial charge on any atom is -0.496 e. The summed E-state index contributed by atoms with van der Waals surface area (Å²) in [5.41, 5.74) is 0.526. The first-order valence-electron chi connectivity index (χ1n) is 8.10. The van der Waals surface area contributed by atoms with Gasteiger partial charge in [0.25, 0.3) is 5.91 Å². The van der Waals surface area contributed by atoms with Crippen LogP contribution in [0.2, 0.25) is 0 Å². The number of hydrogen-bond acceptors (Lipinski definition) is 4. The van der Waals surface area contributed by atoms with E-state index < -0.39 is 0 Å². The molecule has 0 spiro atoms. The lowest BCUT2D eigenvalue weighted by atomic mass is 10.2. The second kappa shape index (κ2) is 9.34. The molecule has 0 bridgehead atoms. The average Bonchev–Trinajstić information content (AvgIpc) is 3.07. The SMILES string of the molecule is CCCN(CC1CCCO1)C(=S)NC(=O)c1ccc(OC)c(Br)c1. The van der Waals surface area contributed by atoms with E-state index in [0.717, 1.165) is 43.4 Å². The van der Waals surface area contributed by atoms with E-state index in [1.54, 1.807) is 25.3 Å². The predicted molar refractivity (Wildman–Crippen MR) is 102 cm³/mol. The molecule has 0 saturated carbocycles. The Morgan fingerprint density at radius 1 is 1.54 bits per heavy atom. The van der Waals surface area contributed by atoms with Crippen LogP contribution < -0.4 is 10.1 Å². The van der Waals surface area contributed by atoms with Crippen molar-refractivity contribution in [1.29, 1.82) is 0 Å². The van der Waals surface area contributed by atoms with Gasteiger partial charge in [-0.3, -0.25) is 10.1 Å². The molecule has 24 heavy (non-hydrogen) atoms. The smallest absolute Gasteiger partial charge is 0.257 e. The Bertz CT molecular complexity index is 591. The Kier molecular flexibility index (Phi) is 7.45. The van der Waals surface area contributed by atoms with Crippen molar-refractivity contribution in [2.45, 2.75) is 32.3 Å². The number of ether oxygens (including phenoxy) is 2. The Labute approximate surface area is 156 Å². The number of benzene rings is 1.